The summed E-state index contributed by atoms with van der Waals surface area (Å²) < 4.78 is 7.08. The first kappa shape index (κ1) is 23.0. The van der Waals surface area contributed by atoms with E-state index in [0.29, 0.717) is 22.8 Å². The summed E-state index contributed by atoms with van der Waals surface area (Å²) in [6.45, 7) is 0. The van der Waals surface area contributed by atoms with Crippen molar-refractivity contribution in [2.24, 2.45) is 13.0 Å². The molecule has 0 atom stereocenters. The van der Waals surface area contributed by atoms with Gasteiger partial charge in [0.25, 0.3) is 5.91 Å². The smallest absolute Gasteiger partial charge is 0.369 e. The van der Waals surface area contributed by atoms with Crippen LogP contribution in [0.1, 0.15) is 23.3 Å². The van der Waals surface area contributed by atoms with E-state index in [1.54, 1.807) is 30.6 Å². The van der Waals surface area contributed by atoms with Crippen LogP contribution in [0.4, 0.5) is 17.2 Å². The fourth-order valence-corrected chi connectivity index (χ4v) is 3.14. The molecule has 4 rings (SSSR count). The van der Waals surface area contributed by atoms with Crippen LogP contribution in [-0.2, 0) is 11.8 Å². The minimum Gasteiger partial charge on any atom is -0.494 e. The number of carbonyl (C=O) groups excluding carboxylic acids is 2. The highest BCUT2D eigenvalue weighted by Gasteiger charge is 2.31. The van der Waals surface area contributed by atoms with Gasteiger partial charge in [-0.15, -0.1) is 10.2 Å². The molecule has 6 N–H and O–H groups in total. The van der Waals surface area contributed by atoms with Crippen LogP contribution >= 0.6 is 0 Å². The fourth-order valence-electron chi connectivity index (χ4n) is 3.14. The Kier molecular flexibility index (Phi) is 6.10. The molecular formula is C20H22N8O6. The summed E-state index contributed by atoms with van der Waals surface area (Å²) in [6.07, 6.45) is -0.384. The molecule has 1 aliphatic carbocycles. The number of aromatic nitrogens is 5. The number of benzene rings is 1. The van der Waals surface area contributed by atoms with E-state index in [2.05, 4.69) is 30.9 Å². The number of aliphatic hydroxyl groups is 3. The lowest BCUT2D eigenvalue weighted by atomic mass is 10.1. The van der Waals surface area contributed by atoms with Crippen LogP contribution in [0, 0.1) is 5.92 Å². The van der Waals surface area contributed by atoms with Crippen molar-refractivity contribution in [3.63, 3.8) is 0 Å². The lowest BCUT2D eigenvalue weighted by Crippen LogP contribution is -2.48. The average molecular weight is 470 g/mol. The topological polar surface area (TPSA) is 197 Å². The average Bonchev–Trinajstić information content (AvgIpc) is 3.53. The molecule has 2 heterocycles. The molecule has 1 saturated carbocycles. The summed E-state index contributed by atoms with van der Waals surface area (Å²) >= 11 is 0. The van der Waals surface area contributed by atoms with E-state index in [-0.39, 0.29) is 23.3 Å². The third-order valence-corrected chi connectivity index (χ3v) is 4.82. The first-order valence-corrected chi connectivity index (χ1v) is 10.1. The molecular weight excluding hydrogens is 448 g/mol. The SMILES string of the molecule is COc1c(Nc2cc(NC(=O)C3CC3)nnc2C(=O)NC(O)(O)O)cccc1-c1ncn(C)n1. The van der Waals surface area contributed by atoms with Crippen LogP contribution in [0.3, 0.4) is 0 Å². The number of nitrogens with one attached hydrogen (secondary N) is 3. The van der Waals surface area contributed by atoms with Crippen LogP contribution in [0.5, 0.6) is 5.75 Å². The third-order valence-electron chi connectivity index (χ3n) is 4.82. The van der Waals surface area contributed by atoms with Crippen LogP contribution in [0.15, 0.2) is 30.6 Å². The predicted molar refractivity (Wildman–Crippen MR) is 117 cm³/mol. The summed E-state index contributed by atoms with van der Waals surface area (Å²) in [5.74, 6) is -0.649. The van der Waals surface area contributed by atoms with E-state index < -0.39 is 17.7 Å². The van der Waals surface area contributed by atoms with Crippen LogP contribution < -0.4 is 20.7 Å². The van der Waals surface area contributed by atoms with Crippen LogP contribution in [-0.4, -0.2) is 65.3 Å². The zero-order chi connectivity index (χ0) is 24.5. The number of anilines is 3. The number of para-hydroxylation sites is 1. The Morgan fingerprint density at radius 1 is 1.18 bits per heavy atom. The molecule has 0 aliphatic heterocycles. The van der Waals surface area contributed by atoms with Gasteiger partial charge in [0, 0.05) is 19.0 Å². The maximum absolute atomic E-state index is 12.5. The van der Waals surface area contributed by atoms with Gasteiger partial charge in [-0.3, -0.25) is 19.6 Å². The van der Waals surface area contributed by atoms with E-state index >= 15 is 0 Å². The van der Waals surface area contributed by atoms with Crippen molar-refractivity contribution in [3.8, 4) is 17.1 Å². The monoisotopic (exact) mass is 470 g/mol. The second kappa shape index (κ2) is 9.01. The summed E-state index contributed by atoms with van der Waals surface area (Å²) in [6, 6.07) is 6.46. The Balaban J connectivity index is 1.72. The molecule has 1 aromatic carbocycles. The van der Waals surface area contributed by atoms with Crippen molar-refractivity contribution in [1.82, 2.24) is 30.3 Å². The summed E-state index contributed by atoms with van der Waals surface area (Å²) in [7, 11) is 3.17. The molecule has 34 heavy (non-hydrogen) atoms. The summed E-state index contributed by atoms with van der Waals surface area (Å²) in [4.78, 5) is 28.9. The molecule has 178 valence electrons. The second-order valence-corrected chi connectivity index (χ2v) is 7.60. The van der Waals surface area contributed by atoms with Gasteiger partial charge in [-0.05, 0) is 25.0 Å². The maximum atomic E-state index is 12.5. The third kappa shape index (κ3) is 5.25. The molecule has 3 aromatic rings. The summed E-state index contributed by atoms with van der Waals surface area (Å²) in [5, 5.41) is 46.5. The lowest BCUT2D eigenvalue weighted by Gasteiger charge is -2.18. The van der Waals surface area contributed by atoms with E-state index in [1.807, 2.05) is 0 Å². The fraction of sp³-hybridized carbons (Fsp3) is 0.300. The number of hydrogen-bond acceptors (Lipinski definition) is 11. The van der Waals surface area contributed by atoms with Gasteiger partial charge in [-0.25, -0.2) is 4.98 Å². The number of nitrogens with zero attached hydrogens (tertiary/aromatic N) is 5. The number of methoxy groups -OCH3 is 1. The van der Waals surface area contributed by atoms with E-state index in [9.17, 15) is 9.59 Å². The molecule has 14 nitrogen and oxygen atoms in total. The number of rotatable bonds is 8. The van der Waals surface area contributed by atoms with Gasteiger partial charge in [0.15, 0.2) is 23.1 Å². The first-order valence-electron chi connectivity index (χ1n) is 10.1. The Bertz CT molecular complexity index is 1230. The number of carbonyl (C=O) groups is 2. The van der Waals surface area contributed by atoms with Gasteiger partial charge in [0.1, 0.15) is 6.33 Å². The molecule has 14 heteroatoms. The minimum absolute atomic E-state index is 0.0345. The quantitative estimate of drug-likeness (QED) is 0.236. The summed E-state index contributed by atoms with van der Waals surface area (Å²) in [5.41, 5.74) is 0.585. The first-order chi connectivity index (χ1) is 16.1. The van der Waals surface area contributed by atoms with Gasteiger partial charge < -0.3 is 30.7 Å². The minimum atomic E-state index is -3.48. The number of ether oxygens (including phenoxy) is 1. The standard InChI is InChI=1S/C20H22N8O6/c1-28-9-21-17(27-28)11-4-3-5-12(16(11)34-2)22-13-8-14(23-18(29)10-6-7-10)25-26-15(13)19(30)24-20(31,32)33/h3-5,8-10,31-33H,6-7H2,1-2H3,(H,24,30)(H2,22,23,25,29). The largest absolute Gasteiger partial charge is 0.494 e. The molecule has 0 bridgehead atoms. The lowest BCUT2D eigenvalue weighted by molar-refractivity contribution is -0.323. The second-order valence-electron chi connectivity index (χ2n) is 7.60. The van der Waals surface area contributed by atoms with Gasteiger partial charge in [-0.2, -0.15) is 5.10 Å². The van der Waals surface area contributed by atoms with E-state index in [4.69, 9.17) is 20.1 Å². The van der Waals surface area contributed by atoms with Crippen molar-refractivity contribution in [3.05, 3.63) is 36.3 Å². The van der Waals surface area contributed by atoms with Gasteiger partial charge >= 0.3 is 6.10 Å². The van der Waals surface area contributed by atoms with E-state index in [1.165, 1.54) is 24.2 Å². The Morgan fingerprint density at radius 3 is 2.56 bits per heavy atom. The Hall–Kier alpha value is -4.14. The van der Waals surface area contributed by atoms with Crippen molar-refractivity contribution in [2.45, 2.75) is 18.9 Å². The molecule has 0 unspecified atom stereocenters. The van der Waals surface area contributed by atoms with Crippen molar-refractivity contribution in [1.29, 1.82) is 0 Å². The predicted octanol–water partition coefficient (Wildman–Crippen LogP) is -0.309. The van der Waals surface area contributed by atoms with Gasteiger partial charge in [-0.1, -0.05) is 6.07 Å². The molecule has 0 spiro atoms. The van der Waals surface area contributed by atoms with E-state index in [0.717, 1.165) is 12.8 Å². The zero-order valence-corrected chi connectivity index (χ0v) is 18.2. The van der Waals surface area contributed by atoms with Crippen molar-refractivity contribution < 1.29 is 29.6 Å². The van der Waals surface area contributed by atoms with Crippen LogP contribution in [0.25, 0.3) is 11.4 Å². The molecule has 2 aromatic heterocycles. The van der Waals surface area contributed by atoms with Gasteiger partial charge in [0.05, 0.1) is 24.0 Å². The number of aryl methyl sites for hydroxylation is 1. The molecule has 1 fully saturated rings. The van der Waals surface area contributed by atoms with Crippen molar-refractivity contribution in [2.75, 3.05) is 17.7 Å². The molecule has 1 aliphatic rings. The van der Waals surface area contributed by atoms with Crippen LogP contribution in [0.2, 0.25) is 0 Å². The number of amides is 2. The maximum Gasteiger partial charge on any atom is 0.369 e. The highest BCUT2D eigenvalue weighted by atomic mass is 16.7. The zero-order valence-electron chi connectivity index (χ0n) is 18.2. The molecule has 2 amide bonds. The molecule has 0 radical (unpaired) electrons. The highest BCUT2D eigenvalue weighted by molar-refractivity contribution is 6.00. The van der Waals surface area contributed by atoms with Crippen molar-refractivity contribution >= 4 is 29.0 Å². The number of hydrogen-bond donors (Lipinski definition) is 6. The Morgan fingerprint density at radius 2 is 1.94 bits per heavy atom. The normalized spacial score (nSPS) is 13.3. The Labute approximate surface area is 192 Å². The molecule has 0 saturated heterocycles. The van der Waals surface area contributed by atoms with Gasteiger partial charge in [0.2, 0.25) is 5.91 Å². The highest BCUT2D eigenvalue weighted by Crippen LogP contribution is 2.37.